The predicted molar refractivity (Wildman–Crippen MR) is 63.2 cm³/mol. The molecular formula is C10H16BrN3O. The summed E-state index contributed by atoms with van der Waals surface area (Å²) in [5, 5.41) is 0.797. The second-order valence-electron chi connectivity index (χ2n) is 3.41. The molecule has 4 nitrogen and oxygen atoms in total. The molecule has 5 heteroatoms. The van der Waals surface area contributed by atoms with E-state index in [1.165, 1.54) is 0 Å². The van der Waals surface area contributed by atoms with Crippen molar-refractivity contribution in [1.82, 2.24) is 14.5 Å². The molecule has 0 bridgehead atoms. The smallest absolute Gasteiger partial charge is 0.274 e. The molecule has 1 aromatic rings. The SMILES string of the molecule is CCCN(CCBr)C(=O)c1cn(C)cn1. The third kappa shape index (κ3) is 3.34. The maximum absolute atomic E-state index is 12.0. The van der Waals surface area contributed by atoms with Gasteiger partial charge in [-0.25, -0.2) is 4.98 Å². The van der Waals surface area contributed by atoms with Crippen molar-refractivity contribution in [3.8, 4) is 0 Å². The van der Waals surface area contributed by atoms with Gasteiger partial charge in [0, 0.05) is 31.7 Å². The molecule has 0 saturated carbocycles. The maximum atomic E-state index is 12.0. The van der Waals surface area contributed by atoms with E-state index in [0.29, 0.717) is 5.69 Å². The van der Waals surface area contributed by atoms with E-state index in [-0.39, 0.29) is 5.91 Å². The molecule has 1 rings (SSSR count). The van der Waals surface area contributed by atoms with E-state index in [1.807, 2.05) is 11.9 Å². The van der Waals surface area contributed by atoms with Gasteiger partial charge in [0.2, 0.25) is 0 Å². The standard InChI is InChI=1S/C10H16BrN3O/c1-3-5-14(6-4-11)10(15)9-7-13(2)8-12-9/h7-8H,3-6H2,1-2H3. The monoisotopic (exact) mass is 273 g/mol. The Hall–Kier alpha value is -0.840. The summed E-state index contributed by atoms with van der Waals surface area (Å²) in [5.41, 5.74) is 0.520. The summed E-state index contributed by atoms with van der Waals surface area (Å²) in [6.07, 6.45) is 4.36. The highest BCUT2D eigenvalue weighted by Crippen LogP contribution is 2.03. The highest BCUT2D eigenvalue weighted by atomic mass is 79.9. The van der Waals surface area contributed by atoms with E-state index in [9.17, 15) is 4.79 Å². The van der Waals surface area contributed by atoms with Crippen molar-refractivity contribution in [2.45, 2.75) is 13.3 Å². The van der Waals surface area contributed by atoms with Crippen molar-refractivity contribution < 1.29 is 4.79 Å². The molecule has 84 valence electrons. The summed E-state index contributed by atoms with van der Waals surface area (Å²) in [6.45, 7) is 3.57. The Morgan fingerprint density at radius 2 is 2.33 bits per heavy atom. The Kier molecular flexibility index (Phi) is 4.81. The number of rotatable bonds is 5. The molecule has 15 heavy (non-hydrogen) atoms. The van der Waals surface area contributed by atoms with Gasteiger partial charge in [0.1, 0.15) is 5.69 Å². The molecule has 0 spiro atoms. The summed E-state index contributed by atoms with van der Waals surface area (Å²) in [4.78, 5) is 17.8. The third-order valence-corrected chi connectivity index (χ3v) is 2.41. The molecule has 0 aliphatic rings. The number of hydrogen-bond acceptors (Lipinski definition) is 2. The van der Waals surface area contributed by atoms with Crippen LogP contribution in [-0.4, -0.2) is 38.8 Å². The van der Waals surface area contributed by atoms with Crippen LogP contribution >= 0.6 is 15.9 Å². The van der Waals surface area contributed by atoms with Gasteiger partial charge < -0.3 is 9.47 Å². The lowest BCUT2D eigenvalue weighted by Crippen LogP contribution is -2.33. The van der Waals surface area contributed by atoms with E-state index in [0.717, 1.165) is 24.8 Å². The molecule has 0 radical (unpaired) electrons. The number of carbonyl (C=O) groups excluding carboxylic acids is 1. The van der Waals surface area contributed by atoms with E-state index in [1.54, 1.807) is 17.1 Å². The molecule has 0 aliphatic carbocycles. The molecule has 1 amide bonds. The first-order chi connectivity index (χ1) is 7.19. The Balaban J connectivity index is 2.71. The van der Waals surface area contributed by atoms with Gasteiger partial charge in [-0.1, -0.05) is 22.9 Å². The van der Waals surface area contributed by atoms with Crippen molar-refractivity contribution in [2.75, 3.05) is 18.4 Å². The molecule has 0 fully saturated rings. The zero-order valence-electron chi connectivity index (χ0n) is 9.11. The normalized spacial score (nSPS) is 10.3. The maximum Gasteiger partial charge on any atom is 0.274 e. The number of hydrogen-bond donors (Lipinski definition) is 0. The molecule has 0 aliphatic heterocycles. The molecule has 0 aromatic carbocycles. The lowest BCUT2D eigenvalue weighted by Gasteiger charge is -2.19. The van der Waals surface area contributed by atoms with Gasteiger partial charge >= 0.3 is 0 Å². The van der Waals surface area contributed by atoms with Crippen LogP contribution in [0.15, 0.2) is 12.5 Å². The summed E-state index contributed by atoms with van der Waals surface area (Å²) in [6, 6.07) is 0. The van der Waals surface area contributed by atoms with Gasteiger partial charge in [-0.3, -0.25) is 4.79 Å². The summed E-state index contributed by atoms with van der Waals surface area (Å²) >= 11 is 3.35. The number of halogens is 1. The average Bonchev–Trinajstić information content (AvgIpc) is 2.63. The van der Waals surface area contributed by atoms with Crippen molar-refractivity contribution in [3.05, 3.63) is 18.2 Å². The highest BCUT2D eigenvalue weighted by molar-refractivity contribution is 9.09. The predicted octanol–water partition coefficient (Wildman–Crippen LogP) is 1.67. The Morgan fingerprint density at radius 1 is 1.60 bits per heavy atom. The van der Waals surface area contributed by atoms with Gasteiger partial charge in [-0.2, -0.15) is 0 Å². The molecule has 1 heterocycles. The fraction of sp³-hybridized carbons (Fsp3) is 0.600. The first-order valence-corrected chi connectivity index (χ1v) is 6.14. The Bertz CT molecular complexity index is 318. The van der Waals surface area contributed by atoms with Crippen LogP contribution in [0.1, 0.15) is 23.8 Å². The molecule has 0 atom stereocenters. The van der Waals surface area contributed by atoms with Crippen molar-refractivity contribution in [1.29, 1.82) is 0 Å². The Labute approximate surface area is 98.4 Å². The van der Waals surface area contributed by atoms with E-state index >= 15 is 0 Å². The topological polar surface area (TPSA) is 38.1 Å². The minimum absolute atomic E-state index is 0.0110. The van der Waals surface area contributed by atoms with Gasteiger partial charge in [0.15, 0.2) is 0 Å². The van der Waals surface area contributed by atoms with Gasteiger partial charge in [0.25, 0.3) is 5.91 Å². The van der Waals surface area contributed by atoms with Gasteiger partial charge in [-0.05, 0) is 6.42 Å². The largest absolute Gasteiger partial charge is 0.340 e. The summed E-state index contributed by atoms with van der Waals surface area (Å²) in [5.74, 6) is 0.0110. The zero-order chi connectivity index (χ0) is 11.3. The van der Waals surface area contributed by atoms with Crippen LogP contribution in [0.2, 0.25) is 0 Å². The second kappa shape index (κ2) is 5.90. The first kappa shape index (κ1) is 12.2. The van der Waals surface area contributed by atoms with Gasteiger partial charge in [-0.15, -0.1) is 0 Å². The van der Waals surface area contributed by atoms with E-state index in [4.69, 9.17) is 0 Å². The third-order valence-electron chi connectivity index (χ3n) is 2.06. The number of imidazole rings is 1. The minimum Gasteiger partial charge on any atom is -0.340 e. The highest BCUT2D eigenvalue weighted by Gasteiger charge is 2.16. The van der Waals surface area contributed by atoms with Crippen LogP contribution in [0.3, 0.4) is 0 Å². The van der Waals surface area contributed by atoms with Gasteiger partial charge in [0.05, 0.1) is 6.33 Å². The molecule has 0 unspecified atom stereocenters. The van der Waals surface area contributed by atoms with Crippen LogP contribution in [-0.2, 0) is 7.05 Å². The second-order valence-corrected chi connectivity index (χ2v) is 4.20. The van der Waals surface area contributed by atoms with E-state index in [2.05, 4.69) is 27.8 Å². The number of amides is 1. The average molecular weight is 274 g/mol. The molecular weight excluding hydrogens is 258 g/mol. The molecule has 1 aromatic heterocycles. The Morgan fingerprint density at radius 3 is 2.80 bits per heavy atom. The van der Waals surface area contributed by atoms with Crippen molar-refractivity contribution >= 4 is 21.8 Å². The number of nitrogens with zero attached hydrogens (tertiary/aromatic N) is 3. The first-order valence-electron chi connectivity index (χ1n) is 5.02. The number of aryl methyl sites for hydroxylation is 1. The van der Waals surface area contributed by atoms with Crippen LogP contribution < -0.4 is 0 Å². The lowest BCUT2D eigenvalue weighted by molar-refractivity contribution is 0.0761. The lowest BCUT2D eigenvalue weighted by atomic mass is 10.3. The van der Waals surface area contributed by atoms with E-state index < -0.39 is 0 Å². The number of carbonyl (C=O) groups is 1. The van der Waals surface area contributed by atoms with Crippen molar-refractivity contribution in [2.24, 2.45) is 7.05 Å². The number of aromatic nitrogens is 2. The van der Waals surface area contributed by atoms with Crippen LogP contribution in [0, 0.1) is 0 Å². The zero-order valence-corrected chi connectivity index (χ0v) is 10.7. The van der Waals surface area contributed by atoms with Crippen LogP contribution in [0.4, 0.5) is 0 Å². The van der Waals surface area contributed by atoms with Crippen LogP contribution in [0.25, 0.3) is 0 Å². The minimum atomic E-state index is 0.0110. The summed E-state index contributed by atoms with van der Waals surface area (Å²) < 4.78 is 1.78. The fourth-order valence-electron chi connectivity index (χ4n) is 1.37. The summed E-state index contributed by atoms with van der Waals surface area (Å²) in [7, 11) is 1.86. The number of alkyl halides is 1. The van der Waals surface area contributed by atoms with Crippen LogP contribution in [0.5, 0.6) is 0 Å². The quantitative estimate of drug-likeness (QED) is 0.766. The molecule has 0 N–H and O–H groups in total. The van der Waals surface area contributed by atoms with Crippen molar-refractivity contribution in [3.63, 3.8) is 0 Å². The molecule has 0 saturated heterocycles. The fourth-order valence-corrected chi connectivity index (χ4v) is 1.80.